The first-order valence-corrected chi connectivity index (χ1v) is 4.44. The maximum Gasteiger partial charge on any atom is 0.285 e. The first kappa shape index (κ1) is 11.1. The van der Waals surface area contributed by atoms with Gasteiger partial charge in [0.15, 0.2) is 0 Å². The van der Waals surface area contributed by atoms with Gasteiger partial charge in [0, 0.05) is 0 Å². The van der Waals surface area contributed by atoms with Gasteiger partial charge in [0.05, 0.1) is 6.10 Å². The van der Waals surface area contributed by atoms with E-state index in [1.54, 1.807) is 0 Å². The molecule has 0 aliphatic rings. The molecule has 14 heavy (non-hydrogen) atoms. The number of ether oxygens (including phenoxy) is 2. The van der Waals surface area contributed by atoms with Crippen LogP contribution in [0.2, 0.25) is 0 Å². The summed E-state index contributed by atoms with van der Waals surface area (Å²) >= 11 is 0. The summed E-state index contributed by atoms with van der Waals surface area (Å²) in [5.41, 5.74) is 0. The maximum atomic E-state index is 5.44. The second kappa shape index (κ2) is 6.46. The van der Waals surface area contributed by atoms with Crippen molar-refractivity contribution in [3.63, 3.8) is 0 Å². The van der Waals surface area contributed by atoms with Crippen LogP contribution in [0.4, 0.5) is 0 Å². The van der Waals surface area contributed by atoms with Crippen LogP contribution >= 0.6 is 0 Å². The lowest BCUT2D eigenvalue weighted by atomic mass is 10.3. The van der Waals surface area contributed by atoms with E-state index in [2.05, 4.69) is 4.65 Å². The van der Waals surface area contributed by atoms with Crippen LogP contribution in [0.3, 0.4) is 0 Å². The van der Waals surface area contributed by atoms with Crippen LogP contribution in [-0.4, -0.2) is 27.6 Å². The van der Waals surface area contributed by atoms with Crippen molar-refractivity contribution in [2.45, 2.75) is 13.0 Å². The standard InChI is InChI=1S/C10H13BO3/c1-9(13-8-14-11)7-12-10-5-3-2-4-6-10/h2-6,9H,7-8H2,1H3. The van der Waals surface area contributed by atoms with Crippen LogP contribution in [0.5, 0.6) is 5.75 Å². The first-order valence-electron chi connectivity index (χ1n) is 4.44. The lowest BCUT2D eigenvalue weighted by Gasteiger charge is -2.13. The third-order valence-corrected chi connectivity index (χ3v) is 1.65. The Bertz CT molecular complexity index is 240. The zero-order valence-corrected chi connectivity index (χ0v) is 8.18. The summed E-state index contributed by atoms with van der Waals surface area (Å²) in [4.78, 5) is 0. The van der Waals surface area contributed by atoms with Gasteiger partial charge in [-0.25, -0.2) is 0 Å². The van der Waals surface area contributed by atoms with Gasteiger partial charge in [-0.15, -0.1) is 0 Å². The molecule has 1 aromatic rings. The highest BCUT2D eigenvalue weighted by Gasteiger charge is 2.01. The van der Waals surface area contributed by atoms with Gasteiger partial charge in [-0.2, -0.15) is 0 Å². The van der Waals surface area contributed by atoms with E-state index < -0.39 is 0 Å². The van der Waals surface area contributed by atoms with Crippen LogP contribution < -0.4 is 4.74 Å². The molecule has 0 heterocycles. The van der Waals surface area contributed by atoms with Crippen molar-refractivity contribution in [2.24, 2.45) is 0 Å². The van der Waals surface area contributed by atoms with Gasteiger partial charge in [0.2, 0.25) is 0 Å². The highest BCUT2D eigenvalue weighted by molar-refractivity contribution is 5.97. The fraction of sp³-hybridized carbons (Fsp3) is 0.400. The van der Waals surface area contributed by atoms with Gasteiger partial charge in [-0.1, -0.05) is 18.2 Å². The topological polar surface area (TPSA) is 27.7 Å². The molecule has 1 unspecified atom stereocenters. The Morgan fingerprint density at radius 3 is 2.64 bits per heavy atom. The fourth-order valence-electron chi connectivity index (χ4n) is 0.934. The molecule has 0 aliphatic carbocycles. The molecular weight excluding hydrogens is 179 g/mol. The monoisotopic (exact) mass is 192 g/mol. The van der Waals surface area contributed by atoms with E-state index in [4.69, 9.17) is 17.5 Å². The average molecular weight is 192 g/mol. The quantitative estimate of drug-likeness (QED) is 0.505. The van der Waals surface area contributed by atoms with Gasteiger partial charge in [0.1, 0.15) is 19.1 Å². The predicted octanol–water partition coefficient (Wildman–Crippen LogP) is 1.53. The van der Waals surface area contributed by atoms with Crippen molar-refractivity contribution in [1.29, 1.82) is 0 Å². The van der Waals surface area contributed by atoms with Gasteiger partial charge in [0.25, 0.3) is 8.05 Å². The summed E-state index contributed by atoms with van der Waals surface area (Å²) in [7, 11) is 4.82. The van der Waals surface area contributed by atoms with E-state index in [0.29, 0.717) is 6.61 Å². The Labute approximate surface area is 85.4 Å². The Kier molecular flexibility index (Phi) is 5.11. The molecule has 4 heteroatoms. The molecular formula is C10H13BO3. The van der Waals surface area contributed by atoms with E-state index in [0.717, 1.165) is 5.75 Å². The molecule has 0 saturated heterocycles. The predicted molar refractivity (Wildman–Crippen MR) is 54.2 cm³/mol. The Morgan fingerprint density at radius 1 is 1.29 bits per heavy atom. The molecule has 0 bridgehead atoms. The van der Waals surface area contributed by atoms with Gasteiger partial charge >= 0.3 is 0 Å². The lowest BCUT2D eigenvalue weighted by Crippen LogP contribution is -2.19. The molecule has 74 valence electrons. The summed E-state index contributed by atoms with van der Waals surface area (Å²) in [6.45, 7) is 2.45. The van der Waals surface area contributed by atoms with Crippen molar-refractivity contribution in [3.05, 3.63) is 30.3 Å². The van der Waals surface area contributed by atoms with Crippen molar-refractivity contribution in [3.8, 4) is 5.75 Å². The van der Waals surface area contributed by atoms with Gasteiger partial charge in [-0.05, 0) is 19.1 Å². The number of hydrogen-bond acceptors (Lipinski definition) is 3. The number of benzene rings is 1. The van der Waals surface area contributed by atoms with Crippen molar-refractivity contribution in [1.82, 2.24) is 0 Å². The van der Waals surface area contributed by atoms with E-state index in [-0.39, 0.29) is 12.9 Å². The molecule has 1 atom stereocenters. The smallest absolute Gasteiger partial charge is 0.285 e. The third kappa shape index (κ3) is 4.30. The van der Waals surface area contributed by atoms with E-state index in [9.17, 15) is 0 Å². The highest BCUT2D eigenvalue weighted by Crippen LogP contribution is 2.08. The molecule has 1 rings (SSSR count). The molecule has 0 aromatic heterocycles. The van der Waals surface area contributed by atoms with E-state index >= 15 is 0 Å². The summed E-state index contributed by atoms with van der Waals surface area (Å²) in [6.07, 6.45) is -0.0428. The largest absolute Gasteiger partial charge is 0.491 e. The molecule has 0 aliphatic heterocycles. The van der Waals surface area contributed by atoms with Crippen molar-refractivity contribution < 1.29 is 14.1 Å². The summed E-state index contributed by atoms with van der Waals surface area (Å²) < 4.78 is 14.9. The zero-order chi connectivity index (χ0) is 10.2. The minimum absolute atomic E-state index is 0.0428. The van der Waals surface area contributed by atoms with Crippen LogP contribution in [0.25, 0.3) is 0 Å². The molecule has 1 aromatic carbocycles. The number of rotatable bonds is 6. The minimum Gasteiger partial charge on any atom is -0.491 e. The third-order valence-electron chi connectivity index (χ3n) is 1.65. The molecule has 0 saturated carbocycles. The molecule has 3 nitrogen and oxygen atoms in total. The van der Waals surface area contributed by atoms with Crippen LogP contribution in [0.15, 0.2) is 30.3 Å². The maximum absolute atomic E-state index is 5.44. The number of hydrogen-bond donors (Lipinski definition) is 0. The van der Waals surface area contributed by atoms with Crippen molar-refractivity contribution >= 4 is 8.05 Å². The summed E-state index contributed by atoms with van der Waals surface area (Å²) in [6, 6.07) is 9.57. The lowest BCUT2D eigenvalue weighted by molar-refractivity contribution is -0.0413. The van der Waals surface area contributed by atoms with Crippen molar-refractivity contribution in [2.75, 3.05) is 13.4 Å². The SMILES string of the molecule is [B]OCOC(C)COc1ccccc1. The normalized spacial score (nSPS) is 12.4. The van der Waals surface area contributed by atoms with E-state index in [1.165, 1.54) is 0 Å². The zero-order valence-electron chi connectivity index (χ0n) is 8.18. The molecule has 0 spiro atoms. The fourth-order valence-corrected chi connectivity index (χ4v) is 0.934. The minimum atomic E-state index is -0.0428. The Balaban J connectivity index is 2.20. The van der Waals surface area contributed by atoms with Gasteiger partial charge in [-0.3, -0.25) is 0 Å². The average Bonchev–Trinajstić information content (AvgIpc) is 2.25. The van der Waals surface area contributed by atoms with E-state index in [1.807, 2.05) is 37.3 Å². The summed E-state index contributed by atoms with van der Waals surface area (Å²) in [5, 5.41) is 0. The van der Waals surface area contributed by atoms with Gasteiger partial charge < -0.3 is 14.1 Å². The first-order chi connectivity index (χ1) is 6.83. The summed E-state index contributed by atoms with van der Waals surface area (Å²) in [5.74, 6) is 0.830. The molecule has 0 fully saturated rings. The van der Waals surface area contributed by atoms with Crippen LogP contribution in [-0.2, 0) is 9.39 Å². The second-order valence-electron chi connectivity index (χ2n) is 2.89. The highest BCUT2D eigenvalue weighted by atomic mass is 16.6. The molecule has 2 radical (unpaired) electrons. The Hall–Kier alpha value is -0.995. The van der Waals surface area contributed by atoms with Crippen LogP contribution in [0, 0.1) is 0 Å². The number of para-hydroxylation sites is 1. The Morgan fingerprint density at radius 2 is 2.00 bits per heavy atom. The molecule has 0 N–H and O–H groups in total. The second-order valence-corrected chi connectivity index (χ2v) is 2.89. The molecule has 0 amide bonds. The van der Waals surface area contributed by atoms with Crippen LogP contribution in [0.1, 0.15) is 6.92 Å².